The van der Waals surface area contributed by atoms with E-state index in [4.69, 9.17) is 11.6 Å². The van der Waals surface area contributed by atoms with Gasteiger partial charge >= 0.3 is 0 Å². The van der Waals surface area contributed by atoms with Crippen LogP contribution in [0.4, 0.5) is 11.4 Å². The van der Waals surface area contributed by atoms with Gasteiger partial charge in [0, 0.05) is 29.6 Å². The third-order valence-electron chi connectivity index (χ3n) is 4.97. The summed E-state index contributed by atoms with van der Waals surface area (Å²) in [5.74, 6) is -0.144. The summed E-state index contributed by atoms with van der Waals surface area (Å²) in [5.41, 5.74) is 2.51. The topological polar surface area (TPSA) is 75.5 Å². The largest absolute Gasteiger partial charge is 0.325 e. The molecule has 1 aliphatic rings. The lowest BCUT2D eigenvalue weighted by Gasteiger charge is -2.31. The minimum Gasteiger partial charge on any atom is -0.325 e. The van der Waals surface area contributed by atoms with Crippen LogP contribution in [-0.2, 0) is 11.3 Å². The van der Waals surface area contributed by atoms with Gasteiger partial charge in [0.1, 0.15) is 0 Å². The van der Waals surface area contributed by atoms with Crippen LogP contribution in [0, 0.1) is 23.0 Å². The highest BCUT2D eigenvalue weighted by atomic mass is 35.5. The summed E-state index contributed by atoms with van der Waals surface area (Å²) in [5, 5.41) is 14.5. The van der Waals surface area contributed by atoms with E-state index in [9.17, 15) is 14.9 Å². The Labute approximate surface area is 163 Å². The number of nitrogens with zero attached hydrogens (tertiary/aromatic N) is 2. The molecule has 2 aromatic rings. The fourth-order valence-corrected chi connectivity index (χ4v) is 3.42. The molecule has 0 atom stereocenters. The lowest BCUT2D eigenvalue weighted by Crippen LogP contribution is -2.37. The van der Waals surface area contributed by atoms with Crippen molar-refractivity contribution in [2.24, 2.45) is 5.92 Å². The first kappa shape index (κ1) is 19.3. The van der Waals surface area contributed by atoms with Gasteiger partial charge in [0.25, 0.3) is 5.69 Å². The average molecular weight is 388 g/mol. The van der Waals surface area contributed by atoms with Crippen molar-refractivity contribution < 1.29 is 9.72 Å². The lowest BCUT2D eigenvalue weighted by molar-refractivity contribution is -0.384. The predicted octanol–water partition coefficient (Wildman–Crippen LogP) is 4.41. The van der Waals surface area contributed by atoms with E-state index in [1.807, 2.05) is 31.2 Å². The number of aryl methyl sites for hydroxylation is 1. The molecule has 142 valence electrons. The number of rotatable bonds is 5. The number of likely N-dealkylation sites (tertiary alicyclic amines) is 1. The first-order valence-corrected chi connectivity index (χ1v) is 9.33. The molecule has 0 radical (unpaired) electrons. The molecule has 1 aliphatic heterocycles. The molecule has 1 fully saturated rings. The molecule has 0 spiro atoms. The molecule has 0 bridgehead atoms. The third kappa shape index (κ3) is 5.05. The Morgan fingerprint density at radius 3 is 2.52 bits per heavy atom. The molecule has 3 rings (SSSR count). The number of non-ortho nitro benzene ring substituents is 1. The Morgan fingerprint density at radius 1 is 1.22 bits per heavy atom. The minimum absolute atomic E-state index is 0.0197. The van der Waals surface area contributed by atoms with E-state index < -0.39 is 4.92 Å². The Morgan fingerprint density at radius 2 is 1.89 bits per heavy atom. The van der Waals surface area contributed by atoms with Crippen LogP contribution in [0.25, 0.3) is 0 Å². The normalized spacial score (nSPS) is 15.5. The molecule has 2 aromatic carbocycles. The SMILES string of the molecule is Cc1ccc([N+](=O)[O-])cc1NC(=O)C1CCN(Cc2ccc(Cl)cc2)CC1. The van der Waals surface area contributed by atoms with E-state index in [-0.39, 0.29) is 17.5 Å². The maximum absolute atomic E-state index is 12.6. The van der Waals surface area contributed by atoms with Crippen LogP contribution in [0.1, 0.15) is 24.0 Å². The summed E-state index contributed by atoms with van der Waals surface area (Å²) in [7, 11) is 0. The first-order chi connectivity index (χ1) is 12.9. The zero-order valence-electron chi connectivity index (χ0n) is 15.2. The van der Waals surface area contributed by atoms with Gasteiger partial charge in [-0.25, -0.2) is 0 Å². The number of nitro groups is 1. The maximum atomic E-state index is 12.6. The van der Waals surface area contributed by atoms with E-state index >= 15 is 0 Å². The van der Waals surface area contributed by atoms with Gasteiger partial charge in [0.2, 0.25) is 5.91 Å². The number of nitro benzene ring substituents is 1. The van der Waals surface area contributed by atoms with E-state index in [1.54, 1.807) is 6.07 Å². The second-order valence-electron chi connectivity index (χ2n) is 6.92. The van der Waals surface area contributed by atoms with Gasteiger partial charge in [-0.15, -0.1) is 0 Å². The van der Waals surface area contributed by atoms with Crippen LogP contribution in [0.2, 0.25) is 5.02 Å². The quantitative estimate of drug-likeness (QED) is 0.609. The fourth-order valence-electron chi connectivity index (χ4n) is 3.29. The van der Waals surface area contributed by atoms with Gasteiger partial charge in [-0.1, -0.05) is 29.8 Å². The smallest absolute Gasteiger partial charge is 0.271 e. The van der Waals surface area contributed by atoms with Crippen LogP contribution in [-0.4, -0.2) is 28.8 Å². The highest BCUT2D eigenvalue weighted by molar-refractivity contribution is 6.30. The van der Waals surface area contributed by atoms with Crippen molar-refractivity contribution in [1.29, 1.82) is 0 Å². The van der Waals surface area contributed by atoms with Crippen molar-refractivity contribution in [3.8, 4) is 0 Å². The van der Waals surface area contributed by atoms with Crippen molar-refractivity contribution in [1.82, 2.24) is 4.90 Å². The summed E-state index contributed by atoms with van der Waals surface area (Å²) in [4.78, 5) is 25.4. The molecule has 27 heavy (non-hydrogen) atoms. The van der Waals surface area contributed by atoms with Gasteiger partial charge < -0.3 is 5.32 Å². The zero-order chi connectivity index (χ0) is 19.4. The van der Waals surface area contributed by atoms with E-state index in [2.05, 4.69) is 10.2 Å². The molecule has 0 aromatic heterocycles. The highest BCUT2D eigenvalue weighted by Crippen LogP contribution is 2.25. The molecule has 6 nitrogen and oxygen atoms in total. The Balaban J connectivity index is 1.55. The Bertz CT molecular complexity index is 831. The molecule has 0 unspecified atom stereocenters. The first-order valence-electron chi connectivity index (χ1n) is 8.95. The van der Waals surface area contributed by atoms with E-state index in [1.165, 1.54) is 17.7 Å². The van der Waals surface area contributed by atoms with Crippen molar-refractivity contribution >= 4 is 28.9 Å². The molecule has 1 heterocycles. The zero-order valence-corrected chi connectivity index (χ0v) is 15.9. The molecule has 1 saturated heterocycles. The molecule has 1 N–H and O–H groups in total. The van der Waals surface area contributed by atoms with Crippen molar-refractivity contribution in [3.63, 3.8) is 0 Å². The standard InChI is InChI=1S/C20H22ClN3O3/c1-14-2-7-18(24(26)27)12-19(14)22-20(25)16-8-10-23(11-9-16)13-15-3-5-17(21)6-4-15/h2-7,12,16H,8-11,13H2,1H3,(H,22,25). The summed E-state index contributed by atoms with van der Waals surface area (Å²) < 4.78 is 0. The van der Waals surface area contributed by atoms with Gasteiger partial charge in [-0.05, 0) is 56.1 Å². The Kier molecular flexibility index (Phi) is 6.08. The van der Waals surface area contributed by atoms with Gasteiger partial charge in [0.05, 0.1) is 10.6 Å². The number of carbonyl (C=O) groups excluding carboxylic acids is 1. The predicted molar refractivity (Wildman–Crippen MR) is 106 cm³/mol. The second kappa shape index (κ2) is 8.50. The summed E-state index contributed by atoms with van der Waals surface area (Å²) >= 11 is 5.92. The molecular formula is C20H22ClN3O3. The molecule has 1 amide bonds. The monoisotopic (exact) mass is 387 g/mol. The van der Waals surface area contributed by atoms with Crippen LogP contribution in [0.5, 0.6) is 0 Å². The van der Waals surface area contributed by atoms with Crippen LogP contribution in [0.15, 0.2) is 42.5 Å². The third-order valence-corrected chi connectivity index (χ3v) is 5.22. The Hall–Kier alpha value is -2.44. The van der Waals surface area contributed by atoms with Crippen LogP contribution in [0.3, 0.4) is 0 Å². The van der Waals surface area contributed by atoms with Crippen molar-refractivity contribution in [2.75, 3.05) is 18.4 Å². The number of hydrogen-bond acceptors (Lipinski definition) is 4. The van der Waals surface area contributed by atoms with Crippen molar-refractivity contribution in [3.05, 3.63) is 68.7 Å². The maximum Gasteiger partial charge on any atom is 0.271 e. The van der Waals surface area contributed by atoms with Gasteiger partial charge in [-0.3, -0.25) is 19.8 Å². The number of carbonyl (C=O) groups is 1. The number of amides is 1. The number of benzene rings is 2. The molecule has 0 saturated carbocycles. The van der Waals surface area contributed by atoms with Gasteiger partial charge in [-0.2, -0.15) is 0 Å². The van der Waals surface area contributed by atoms with E-state index in [0.29, 0.717) is 5.69 Å². The van der Waals surface area contributed by atoms with Crippen LogP contribution >= 0.6 is 11.6 Å². The van der Waals surface area contributed by atoms with Crippen molar-refractivity contribution in [2.45, 2.75) is 26.3 Å². The number of anilines is 1. The average Bonchev–Trinajstić information content (AvgIpc) is 2.65. The second-order valence-corrected chi connectivity index (χ2v) is 7.36. The van der Waals surface area contributed by atoms with Crippen LogP contribution < -0.4 is 5.32 Å². The fraction of sp³-hybridized carbons (Fsp3) is 0.350. The molecule has 7 heteroatoms. The minimum atomic E-state index is -0.454. The van der Waals surface area contributed by atoms with E-state index in [0.717, 1.165) is 43.1 Å². The highest BCUT2D eigenvalue weighted by Gasteiger charge is 2.25. The lowest BCUT2D eigenvalue weighted by atomic mass is 9.95. The van der Waals surface area contributed by atoms with Gasteiger partial charge in [0.15, 0.2) is 0 Å². The summed E-state index contributed by atoms with van der Waals surface area (Å²) in [6.45, 7) is 4.35. The summed E-state index contributed by atoms with van der Waals surface area (Å²) in [6, 6.07) is 12.3. The molecule has 0 aliphatic carbocycles. The summed E-state index contributed by atoms with van der Waals surface area (Å²) in [6.07, 6.45) is 1.54. The molecular weight excluding hydrogens is 366 g/mol. The number of halogens is 1. The number of piperidine rings is 1. The number of nitrogens with one attached hydrogen (secondary N) is 1. The number of hydrogen-bond donors (Lipinski definition) is 1.